The van der Waals surface area contributed by atoms with Gasteiger partial charge in [0, 0.05) is 5.02 Å². The minimum atomic E-state index is -3.60. The highest BCUT2D eigenvalue weighted by Gasteiger charge is 2.35. The van der Waals surface area contributed by atoms with Crippen molar-refractivity contribution in [3.05, 3.63) is 53.1 Å². The Kier molecular flexibility index (Phi) is 6.00. The second-order valence-corrected chi connectivity index (χ2v) is 8.81. The van der Waals surface area contributed by atoms with Crippen LogP contribution in [0.25, 0.3) is 0 Å². The number of amides is 1. The topological polar surface area (TPSA) is 84.9 Å². The van der Waals surface area contributed by atoms with Gasteiger partial charge in [0.15, 0.2) is 6.10 Å². The molecule has 28 heavy (non-hydrogen) atoms. The molecule has 0 aliphatic carbocycles. The highest BCUT2D eigenvalue weighted by Crippen LogP contribution is 2.37. The number of halogens is 1. The summed E-state index contributed by atoms with van der Waals surface area (Å²) in [7, 11) is -3.60. The van der Waals surface area contributed by atoms with Gasteiger partial charge in [-0.3, -0.25) is 9.10 Å². The molecule has 0 fully saturated rings. The van der Waals surface area contributed by atoms with Crippen molar-refractivity contribution in [2.75, 3.05) is 30.3 Å². The van der Waals surface area contributed by atoms with Gasteiger partial charge < -0.3 is 14.8 Å². The molecular formula is C19H21ClN2O5S. The van der Waals surface area contributed by atoms with Gasteiger partial charge in [-0.25, -0.2) is 8.42 Å². The van der Waals surface area contributed by atoms with Crippen LogP contribution in [0.15, 0.2) is 42.5 Å². The maximum absolute atomic E-state index is 12.5. The normalized spacial score (nSPS) is 16.1. The van der Waals surface area contributed by atoms with Crippen LogP contribution in [0.4, 0.5) is 5.69 Å². The maximum atomic E-state index is 12.5. The number of carbonyl (C=O) groups excluding carboxylic acids is 1. The van der Waals surface area contributed by atoms with Crippen LogP contribution in [-0.4, -0.2) is 46.4 Å². The van der Waals surface area contributed by atoms with E-state index in [1.54, 1.807) is 12.1 Å². The van der Waals surface area contributed by atoms with Crippen LogP contribution >= 0.6 is 11.6 Å². The minimum Gasteiger partial charge on any atom is -0.492 e. The molecule has 0 spiro atoms. The van der Waals surface area contributed by atoms with Crippen LogP contribution in [0.2, 0.25) is 5.02 Å². The summed E-state index contributed by atoms with van der Waals surface area (Å²) in [6.07, 6.45) is 0.107. The third kappa shape index (κ3) is 4.88. The first-order valence-electron chi connectivity index (χ1n) is 8.65. The number of aryl methyl sites for hydroxylation is 1. The van der Waals surface area contributed by atoms with E-state index < -0.39 is 22.0 Å². The lowest BCUT2D eigenvalue weighted by Crippen LogP contribution is -2.51. The lowest BCUT2D eigenvalue weighted by Gasteiger charge is -2.34. The van der Waals surface area contributed by atoms with Gasteiger partial charge in [0.25, 0.3) is 5.91 Å². The van der Waals surface area contributed by atoms with E-state index in [0.717, 1.165) is 21.9 Å². The lowest BCUT2D eigenvalue weighted by atomic mass is 10.2. The smallest absolute Gasteiger partial charge is 0.263 e. The first-order valence-corrected chi connectivity index (χ1v) is 10.9. The molecule has 1 aliphatic heterocycles. The zero-order valence-electron chi connectivity index (χ0n) is 15.5. The second-order valence-electron chi connectivity index (χ2n) is 6.47. The number of rotatable bonds is 6. The standard InChI is InChI=1S/C19H21ClN2O5S/c1-13-4-3-5-15(10-13)26-9-8-21-19(23)18-12-22(28(2,24)25)16-11-14(20)6-7-17(16)27-18/h3-7,10-11,18H,8-9,12H2,1-2H3,(H,21,23). The van der Waals surface area contributed by atoms with Crippen molar-refractivity contribution < 1.29 is 22.7 Å². The average molecular weight is 425 g/mol. The van der Waals surface area contributed by atoms with Crippen molar-refractivity contribution in [1.82, 2.24) is 5.32 Å². The molecule has 1 aliphatic rings. The molecule has 0 radical (unpaired) electrons. The van der Waals surface area contributed by atoms with E-state index in [9.17, 15) is 13.2 Å². The summed E-state index contributed by atoms with van der Waals surface area (Å²) in [4.78, 5) is 12.5. The van der Waals surface area contributed by atoms with Crippen molar-refractivity contribution in [2.45, 2.75) is 13.0 Å². The summed E-state index contributed by atoms with van der Waals surface area (Å²) in [5.41, 5.74) is 1.40. The van der Waals surface area contributed by atoms with Gasteiger partial charge in [-0.1, -0.05) is 23.7 Å². The molecule has 150 valence electrons. The molecule has 2 aromatic rings. The molecule has 2 aromatic carbocycles. The number of nitrogens with zero attached hydrogens (tertiary/aromatic N) is 1. The SMILES string of the molecule is Cc1cccc(OCCNC(=O)C2CN(S(C)(=O)=O)c3cc(Cl)ccc3O2)c1. The molecule has 1 N–H and O–H groups in total. The van der Waals surface area contributed by atoms with Crippen molar-refractivity contribution >= 4 is 33.2 Å². The number of benzene rings is 2. The van der Waals surface area contributed by atoms with Gasteiger partial charge >= 0.3 is 0 Å². The Morgan fingerprint density at radius 3 is 2.82 bits per heavy atom. The summed E-state index contributed by atoms with van der Waals surface area (Å²) in [5.74, 6) is 0.594. The molecular weight excluding hydrogens is 404 g/mol. The highest BCUT2D eigenvalue weighted by atomic mass is 35.5. The number of anilines is 1. The molecule has 3 rings (SSSR count). The van der Waals surface area contributed by atoms with Crippen molar-refractivity contribution in [3.63, 3.8) is 0 Å². The number of ether oxygens (including phenoxy) is 2. The fraction of sp³-hybridized carbons (Fsp3) is 0.316. The third-order valence-electron chi connectivity index (χ3n) is 4.14. The molecule has 1 unspecified atom stereocenters. The zero-order chi connectivity index (χ0) is 20.3. The Labute approximate surface area is 169 Å². The second kappa shape index (κ2) is 8.28. The van der Waals surface area contributed by atoms with Crippen molar-refractivity contribution in [2.24, 2.45) is 0 Å². The van der Waals surface area contributed by atoms with E-state index >= 15 is 0 Å². The summed E-state index contributed by atoms with van der Waals surface area (Å²) in [6, 6.07) is 12.2. The van der Waals surface area contributed by atoms with Gasteiger partial charge in [0.05, 0.1) is 25.0 Å². The predicted octanol–water partition coefficient (Wildman–Crippen LogP) is 2.37. The largest absolute Gasteiger partial charge is 0.492 e. The fourth-order valence-corrected chi connectivity index (χ4v) is 3.91. The highest BCUT2D eigenvalue weighted by molar-refractivity contribution is 7.92. The number of hydrogen-bond donors (Lipinski definition) is 1. The number of sulfonamides is 1. The molecule has 7 nitrogen and oxygen atoms in total. The summed E-state index contributed by atoms with van der Waals surface area (Å²) in [6.45, 7) is 2.38. The molecule has 0 saturated heterocycles. The zero-order valence-corrected chi connectivity index (χ0v) is 17.1. The van der Waals surface area contributed by atoms with Crippen LogP contribution in [0, 0.1) is 6.92 Å². The lowest BCUT2D eigenvalue weighted by molar-refractivity contribution is -0.127. The van der Waals surface area contributed by atoms with Crippen LogP contribution in [0.3, 0.4) is 0 Å². The van der Waals surface area contributed by atoms with Gasteiger partial charge in [0.1, 0.15) is 18.1 Å². The number of carbonyl (C=O) groups is 1. The Balaban J connectivity index is 1.62. The van der Waals surface area contributed by atoms with E-state index in [4.69, 9.17) is 21.1 Å². The van der Waals surface area contributed by atoms with E-state index in [2.05, 4.69) is 5.32 Å². The third-order valence-corrected chi connectivity index (χ3v) is 5.52. The Bertz CT molecular complexity index is 980. The van der Waals surface area contributed by atoms with E-state index in [1.807, 2.05) is 31.2 Å². The van der Waals surface area contributed by atoms with Gasteiger partial charge in [0.2, 0.25) is 10.0 Å². The van der Waals surface area contributed by atoms with Crippen molar-refractivity contribution in [1.29, 1.82) is 0 Å². The molecule has 0 saturated carbocycles. The number of hydrogen-bond acceptors (Lipinski definition) is 5. The summed E-state index contributed by atoms with van der Waals surface area (Å²) in [5, 5.41) is 3.10. The Hall–Kier alpha value is -2.45. The summed E-state index contributed by atoms with van der Waals surface area (Å²) >= 11 is 5.97. The van der Waals surface area contributed by atoms with Crippen LogP contribution in [0.5, 0.6) is 11.5 Å². The van der Waals surface area contributed by atoms with Gasteiger partial charge in [-0.2, -0.15) is 0 Å². The van der Waals surface area contributed by atoms with E-state index in [0.29, 0.717) is 10.7 Å². The quantitative estimate of drug-likeness (QED) is 0.719. The number of fused-ring (bicyclic) bond motifs is 1. The van der Waals surface area contributed by atoms with Crippen LogP contribution in [0.1, 0.15) is 5.56 Å². The molecule has 0 bridgehead atoms. The predicted molar refractivity (Wildman–Crippen MR) is 108 cm³/mol. The molecule has 1 amide bonds. The Morgan fingerprint density at radius 1 is 1.32 bits per heavy atom. The van der Waals surface area contributed by atoms with Crippen LogP contribution in [-0.2, 0) is 14.8 Å². The fourth-order valence-electron chi connectivity index (χ4n) is 2.84. The first-order chi connectivity index (χ1) is 13.2. The van der Waals surface area contributed by atoms with E-state index in [1.165, 1.54) is 6.07 Å². The van der Waals surface area contributed by atoms with Gasteiger partial charge in [-0.05, 0) is 42.8 Å². The Morgan fingerprint density at radius 2 is 2.11 bits per heavy atom. The molecule has 0 aromatic heterocycles. The van der Waals surface area contributed by atoms with Crippen molar-refractivity contribution in [3.8, 4) is 11.5 Å². The number of nitrogens with one attached hydrogen (secondary N) is 1. The molecule has 9 heteroatoms. The maximum Gasteiger partial charge on any atom is 0.263 e. The van der Waals surface area contributed by atoms with E-state index in [-0.39, 0.29) is 25.4 Å². The molecule has 1 heterocycles. The molecule has 1 atom stereocenters. The first kappa shape index (κ1) is 20.3. The minimum absolute atomic E-state index is 0.128. The summed E-state index contributed by atoms with van der Waals surface area (Å²) < 4.78 is 36.7. The van der Waals surface area contributed by atoms with Crippen LogP contribution < -0.4 is 19.1 Å². The van der Waals surface area contributed by atoms with Gasteiger partial charge in [-0.15, -0.1) is 0 Å². The monoisotopic (exact) mass is 424 g/mol. The average Bonchev–Trinajstić information content (AvgIpc) is 2.63.